The van der Waals surface area contributed by atoms with Crippen LogP contribution in [0.25, 0.3) is 5.69 Å². The van der Waals surface area contributed by atoms with Crippen LogP contribution >= 0.6 is 0 Å². The van der Waals surface area contributed by atoms with E-state index in [1.165, 1.54) is 35.3 Å². The lowest BCUT2D eigenvalue weighted by atomic mass is 10.2. The van der Waals surface area contributed by atoms with E-state index in [0.717, 1.165) is 0 Å². The van der Waals surface area contributed by atoms with Crippen molar-refractivity contribution in [2.75, 3.05) is 5.73 Å². The van der Waals surface area contributed by atoms with Crippen LogP contribution in [0.5, 0.6) is 0 Å². The summed E-state index contributed by atoms with van der Waals surface area (Å²) in [4.78, 5) is 20.9. The SMILES string of the molecule is NC(=O)c1cnn(-c2ccc([N+](=O)[O-])cc2N)c1. The minimum absolute atomic E-state index is 0.112. The fourth-order valence-corrected chi connectivity index (χ4v) is 1.45. The molecular weight excluding hydrogens is 238 g/mol. The van der Waals surface area contributed by atoms with Gasteiger partial charge in [-0.1, -0.05) is 0 Å². The minimum atomic E-state index is -0.610. The quantitative estimate of drug-likeness (QED) is 0.462. The van der Waals surface area contributed by atoms with Gasteiger partial charge in [-0.15, -0.1) is 0 Å². The number of rotatable bonds is 3. The molecule has 0 saturated heterocycles. The van der Waals surface area contributed by atoms with Gasteiger partial charge in [0.1, 0.15) is 0 Å². The largest absolute Gasteiger partial charge is 0.397 e. The molecule has 0 atom stereocenters. The number of nitrogens with zero attached hydrogens (tertiary/aromatic N) is 3. The van der Waals surface area contributed by atoms with Crippen LogP contribution < -0.4 is 11.5 Å². The Labute approximate surface area is 101 Å². The van der Waals surface area contributed by atoms with Crippen molar-refractivity contribution in [1.82, 2.24) is 9.78 Å². The van der Waals surface area contributed by atoms with Crippen LogP contribution in [0.15, 0.2) is 30.6 Å². The van der Waals surface area contributed by atoms with Gasteiger partial charge in [-0.2, -0.15) is 5.10 Å². The van der Waals surface area contributed by atoms with Gasteiger partial charge < -0.3 is 11.5 Å². The summed E-state index contributed by atoms with van der Waals surface area (Å²) in [6, 6.07) is 3.98. The van der Waals surface area contributed by atoms with Crippen molar-refractivity contribution in [3.63, 3.8) is 0 Å². The van der Waals surface area contributed by atoms with Crippen LogP contribution in [-0.4, -0.2) is 20.6 Å². The Morgan fingerprint density at radius 3 is 2.67 bits per heavy atom. The summed E-state index contributed by atoms with van der Waals surface area (Å²) in [5.41, 5.74) is 11.5. The second kappa shape index (κ2) is 4.17. The standard InChI is InChI=1S/C10H9N5O3/c11-8-3-7(15(17)18)1-2-9(8)14-5-6(4-13-14)10(12)16/h1-5H,11H2,(H2,12,16). The second-order valence-electron chi connectivity index (χ2n) is 3.54. The smallest absolute Gasteiger partial charge is 0.271 e. The van der Waals surface area contributed by atoms with Crippen LogP contribution in [0, 0.1) is 10.1 Å². The third kappa shape index (κ3) is 1.98. The van der Waals surface area contributed by atoms with E-state index in [9.17, 15) is 14.9 Å². The molecule has 4 N–H and O–H groups in total. The van der Waals surface area contributed by atoms with E-state index in [4.69, 9.17) is 11.5 Å². The number of carbonyl (C=O) groups excluding carboxylic acids is 1. The number of non-ortho nitro benzene ring substituents is 1. The van der Waals surface area contributed by atoms with Gasteiger partial charge >= 0.3 is 0 Å². The fraction of sp³-hybridized carbons (Fsp3) is 0. The first-order valence-electron chi connectivity index (χ1n) is 4.88. The molecular formula is C10H9N5O3. The maximum absolute atomic E-state index is 10.9. The highest BCUT2D eigenvalue weighted by atomic mass is 16.6. The van der Waals surface area contributed by atoms with Crippen LogP contribution in [0.3, 0.4) is 0 Å². The van der Waals surface area contributed by atoms with E-state index >= 15 is 0 Å². The Balaban J connectivity index is 2.44. The molecule has 0 unspecified atom stereocenters. The molecule has 0 aliphatic heterocycles. The Hall–Kier alpha value is -2.90. The number of nitro groups is 1. The normalized spacial score (nSPS) is 10.2. The molecule has 1 heterocycles. The number of anilines is 1. The van der Waals surface area contributed by atoms with Gasteiger partial charge in [0.15, 0.2) is 0 Å². The van der Waals surface area contributed by atoms with Gasteiger partial charge in [0.2, 0.25) is 0 Å². The van der Waals surface area contributed by atoms with Crippen molar-refractivity contribution in [2.45, 2.75) is 0 Å². The Bertz CT molecular complexity index is 634. The van der Waals surface area contributed by atoms with Crippen molar-refractivity contribution in [3.8, 4) is 5.69 Å². The second-order valence-corrected chi connectivity index (χ2v) is 3.54. The van der Waals surface area contributed by atoms with E-state index in [0.29, 0.717) is 5.69 Å². The van der Waals surface area contributed by atoms with Gasteiger partial charge in [-0.05, 0) is 6.07 Å². The van der Waals surface area contributed by atoms with E-state index in [2.05, 4.69) is 5.10 Å². The van der Waals surface area contributed by atoms with Crippen LogP contribution in [0.4, 0.5) is 11.4 Å². The lowest BCUT2D eigenvalue weighted by Crippen LogP contribution is -2.09. The van der Waals surface area contributed by atoms with Gasteiger partial charge in [0, 0.05) is 18.3 Å². The molecule has 1 aromatic heterocycles. The molecule has 0 spiro atoms. The summed E-state index contributed by atoms with van der Waals surface area (Å²) in [7, 11) is 0. The number of benzene rings is 1. The average molecular weight is 247 g/mol. The molecule has 2 rings (SSSR count). The minimum Gasteiger partial charge on any atom is -0.397 e. The Morgan fingerprint density at radius 2 is 2.17 bits per heavy atom. The lowest BCUT2D eigenvalue weighted by molar-refractivity contribution is -0.384. The summed E-state index contributed by atoms with van der Waals surface area (Å²) >= 11 is 0. The summed E-state index contributed by atoms with van der Waals surface area (Å²) < 4.78 is 1.33. The molecule has 0 saturated carbocycles. The number of primary amides is 1. The number of amides is 1. The van der Waals surface area contributed by atoms with Crippen molar-refractivity contribution in [3.05, 3.63) is 46.3 Å². The van der Waals surface area contributed by atoms with Crippen molar-refractivity contribution >= 4 is 17.3 Å². The molecule has 0 bridgehead atoms. The Morgan fingerprint density at radius 1 is 1.44 bits per heavy atom. The summed E-state index contributed by atoms with van der Waals surface area (Å²) in [5.74, 6) is -0.610. The van der Waals surface area contributed by atoms with Crippen molar-refractivity contribution in [1.29, 1.82) is 0 Å². The molecule has 0 aliphatic rings. The molecule has 8 heteroatoms. The molecule has 92 valence electrons. The maximum atomic E-state index is 10.9. The molecule has 0 radical (unpaired) electrons. The zero-order valence-electron chi connectivity index (χ0n) is 9.11. The van der Waals surface area contributed by atoms with E-state index in [1.807, 2.05) is 0 Å². The number of hydrogen-bond acceptors (Lipinski definition) is 5. The zero-order valence-corrected chi connectivity index (χ0v) is 9.11. The first-order chi connectivity index (χ1) is 8.49. The molecule has 0 fully saturated rings. The van der Waals surface area contributed by atoms with E-state index in [-0.39, 0.29) is 16.9 Å². The molecule has 0 aliphatic carbocycles. The highest BCUT2D eigenvalue weighted by molar-refractivity contribution is 5.92. The predicted molar refractivity (Wildman–Crippen MR) is 63.1 cm³/mol. The molecule has 18 heavy (non-hydrogen) atoms. The third-order valence-corrected chi connectivity index (χ3v) is 2.34. The highest BCUT2D eigenvalue weighted by Crippen LogP contribution is 2.22. The summed E-state index contributed by atoms with van der Waals surface area (Å²) in [6.07, 6.45) is 2.70. The van der Waals surface area contributed by atoms with Crippen molar-refractivity contribution < 1.29 is 9.72 Å². The predicted octanol–water partition coefficient (Wildman–Crippen LogP) is 0.462. The molecule has 8 nitrogen and oxygen atoms in total. The van der Waals surface area contributed by atoms with Crippen LogP contribution in [0.2, 0.25) is 0 Å². The summed E-state index contributed by atoms with van der Waals surface area (Å²) in [5, 5.41) is 14.5. The average Bonchev–Trinajstić information content (AvgIpc) is 2.78. The van der Waals surface area contributed by atoms with Gasteiger partial charge in [0.25, 0.3) is 11.6 Å². The Kier molecular flexibility index (Phi) is 2.68. The first-order valence-corrected chi connectivity index (χ1v) is 4.88. The third-order valence-electron chi connectivity index (χ3n) is 2.34. The topological polar surface area (TPSA) is 130 Å². The number of carbonyl (C=O) groups is 1. The number of nitrogens with two attached hydrogens (primary N) is 2. The number of nitro benzene ring substituents is 1. The lowest BCUT2D eigenvalue weighted by Gasteiger charge is -2.04. The van der Waals surface area contributed by atoms with Gasteiger partial charge in [-0.25, -0.2) is 4.68 Å². The number of aromatic nitrogens is 2. The monoisotopic (exact) mass is 247 g/mol. The van der Waals surface area contributed by atoms with Crippen LogP contribution in [-0.2, 0) is 0 Å². The highest BCUT2D eigenvalue weighted by Gasteiger charge is 2.12. The van der Waals surface area contributed by atoms with Gasteiger partial charge in [-0.3, -0.25) is 14.9 Å². The van der Waals surface area contributed by atoms with Gasteiger partial charge in [0.05, 0.1) is 28.1 Å². The number of nitrogen functional groups attached to an aromatic ring is 1. The zero-order chi connectivity index (χ0) is 13.3. The first kappa shape index (κ1) is 11.6. The number of hydrogen-bond donors (Lipinski definition) is 2. The molecule has 1 amide bonds. The molecule has 1 aromatic carbocycles. The van der Waals surface area contributed by atoms with Crippen LogP contribution in [0.1, 0.15) is 10.4 Å². The van der Waals surface area contributed by atoms with E-state index in [1.54, 1.807) is 0 Å². The fourth-order valence-electron chi connectivity index (χ4n) is 1.45. The van der Waals surface area contributed by atoms with Crippen molar-refractivity contribution in [2.24, 2.45) is 5.73 Å². The molecule has 2 aromatic rings. The van der Waals surface area contributed by atoms with E-state index < -0.39 is 10.8 Å². The summed E-state index contributed by atoms with van der Waals surface area (Å²) in [6.45, 7) is 0. The maximum Gasteiger partial charge on any atom is 0.271 e.